The summed E-state index contributed by atoms with van der Waals surface area (Å²) in [6, 6.07) is 1.46. The predicted molar refractivity (Wildman–Crippen MR) is 75.4 cm³/mol. The van der Waals surface area contributed by atoms with Gasteiger partial charge in [-0.2, -0.15) is 0 Å². The minimum atomic E-state index is -0.278. The Morgan fingerprint density at radius 2 is 2.06 bits per heavy atom. The van der Waals surface area contributed by atoms with Crippen LogP contribution < -0.4 is 4.90 Å². The maximum absolute atomic E-state index is 13.9. The van der Waals surface area contributed by atoms with E-state index in [0.717, 1.165) is 6.54 Å². The van der Waals surface area contributed by atoms with Crippen molar-refractivity contribution in [2.24, 2.45) is 0 Å². The topological polar surface area (TPSA) is 19.4 Å². The van der Waals surface area contributed by atoms with Gasteiger partial charge in [-0.1, -0.05) is 0 Å². The predicted octanol–water partition coefficient (Wildman–Crippen LogP) is 2.90. The molecule has 100 valence electrons. The van der Waals surface area contributed by atoms with Gasteiger partial charge >= 0.3 is 0 Å². The number of hydrogen-bond acceptors (Lipinski definition) is 3. The van der Waals surface area contributed by atoms with Crippen LogP contribution in [0.4, 0.5) is 10.2 Å². The number of anilines is 1. The molecule has 1 heterocycles. The molecule has 1 aliphatic carbocycles. The van der Waals surface area contributed by atoms with Gasteiger partial charge in [0.2, 0.25) is 0 Å². The molecule has 0 radical (unpaired) electrons. The minimum Gasteiger partial charge on any atom is -0.355 e. The molecule has 1 saturated carbocycles. The van der Waals surface area contributed by atoms with Gasteiger partial charge in [-0.05, 0) is 55.4 Å². The Morgan fingerprint density at radius 1 is 1.39 bits per heavy atom. The van der Waals surface area contributed by atoms with Crippen LogP contribution in [0.3, 0.4) is 0 Å². The number of pyridine rings is 1. The van der Waals surface area contributed by atoms with Gasteiger partial charge in [0.1, 0.15) is 0 Å². The van der Waals surface area contributed by atoms with Gasteiger partial charge in [-0.3, -0.25) is 0 Å². The van der Waals surface area contributed by atoms with Crippen LogP contribution in [0.15, 0.2) is 16.7 Å². The van der Waals surface area contributed by atoms with Crippen LogP contribution in [0, 0.1) is 5.82 Å². The highest BCUT2D eigenvalue weighted by Gasteiger charge is 2.40. The smallest absolute Gasteiger partial charge is 0.166 e. The summed E-state index contributed by atoms with van der Waals surface area (Å²) >= 11 is 3.23. The van der Waals surface area contributed by atoms with Gasteiger partial charge in [-0.15, -0.1) is 0 Å². The third kappa shape index (κ3) is 2.52. The highest BCUT2D eigenvalue weighted by atomic mass is 79.9. The summed E-state index contributed by atoms with van der Waals surface area (Å²) < 4.78 is 14.5. The van der Waals surface area contributed by atoms with Gasteiger partial charge in [0.15, 0.2) is 11.6 Å². The lowest BCUT2D eigenvalue weighted by molar-refractivity contribution is 0.0680. The summed E-state index contributed by atoms with van der Waals surface area (Å²) in [5.41, 5.74) is 0.177. The standard InChI is InChI=1S/C13H19BrFN3/c1-17(2)13(5-4-6-13)9-18(3)12-11(15)7-10(14)8-16-12/h7-8H,4-6,9H2,1-3H3. The molecular weight excluding hydrogens is 297 g/mol. The molecule has 1 aliphatic rings. The van der Waals surface area contributed by atoms with Crippen molar-refractivity contribution in [3.63, 3.8) is 0 Å². The summed E-state index contributed by atoms with van der Waals surface area (Å²) in [6.45, 7) is 0.811. The second kappa shape index (κ2) is 5.13. The lowest BCUT2D eigenvalue weighted by Crippen LogP contribution is -2.57. The van der Waals surface area contributed by atoms with Crippen molar-refractivity contribution in [1.82, 2.24) is 9.88 Å². The van der Waals surface area contributed by atoms with Crippen LogP contribution in [0.25, 0.3) is 0 Å². The Morgan fingerprint density at radius 3 is 2.50 bits per heavy atom. The maximum Gasteiger partial charge on any atom is 0.166 e. The zero-order valence-corrected chi connectivity index (χ0v) is 12.7. The maximum atomic E-state index is 13.9. The Labute approximate surface area is 116 Å². The van der Waals surface area contributed by atoms with E-state index in [4.69, 9.17) is 0 Å². The van der Waals surface area contributed by atoms with Crippen molar-refractivity contribution in [3.8, 4) is 0 Å². The molecule has 0 amide bonds. The lowest BCUT2D eigenvalue weighted by atomic mass is 9.75. The summed E-state index contributed by atoms with van der Waals surface area (Å²) in [5.74, 6) is 0.145. The first kappa shape index (κ1) is 13.7. The first-order valence-electron chi connectivity index (χ1n) is 6.14. The summed E-state index contributed by atoms with van der Waals surface area (Å²) in [4.78, 5) is 8.34. The Hall–Kier alpha value is -0.680. The average Bonchev–Trinajstić information content (AvgIpc) is 2.22. The zero-order valence-electron chi connectivity index (χ0n) is 11.1. The number of rotatable bonds is 4. The Kier molecular flexibility index (Phi) is 3.92. The summed E-state index contributed by atoms with van der Waals surface area (Å²) in [7, 11) is 6.10. The molecule has 0 unspecified atom stereocenters. The van der Waals surface area contributed by atoms with Crippen molar-refractivity contribution in [3.05, 3.63) is 22.6 Å². The number of nitrogens with zero attached hydrogens (tertiary/aromatic N) is 3. The van der Waals surface area contributed by atoms with Crippen molar-refractivity contribution >= 4 is 21.7 Å². The molecule has 1 fully saturated rings. The fourth-order valence-electron chi connectivity index (χ4n) is 2.54. The molecule has 3 nitrogen and oxygen atoms in total. The molecule has 2 rings (SSSR count). The molecule has 0 aromatic carbocycles. The van der Waals surface area contributed by atoms with Crippen molar-refractivity contribution in [1.29, 1.82) is 0 Å². The second-order valence-corrected chi connectivity index (χ2v) is 6.20. The summed E-state index contributed by atoms with van der Waals surface area (Å²) in [5, 5.41) is 0. The highest BCUT2D eigenvalue weighted by molar-refractivity contribution is 9.10. The molecule has 0 spiro atoms. The minimum absolute atomic E-state index is 0.177. The SMILES string of the molecule is CN(CC1(N(C)C)CCC1)c1ncc(Br)cc1F. The van der Waals surface area contributed by atoms with E-state index >= 15 is 0 Å². The van der Waals surface area contributed by atoms with Crippen molar-refractivity contribution < 1.29 is 4.39 Å². The van der Waals surface area contributed by atoms with E-state index in [-0.39, 0.29) is 11.4 Å². The fourth-order valence-corrected chi connectivity index (χ4v) is 2.84. The third-order valence-electron chi connectivity index (χ3n) is 3.91. The number of aromatic nitrogens is 1. The molecule has 0 atom stereocenters. The molecule has 1 aromatic rings. The molecule has 0 saturated heterocycles. The van der Waals surface area contributed by atoms with E-state index in [1.54, 1.807) is 6.20 Å². The van der Waals surface area contributed by atoms with Crippen LogP contribution in [0.2, 0.25) is 0 Å². The van der Waals surface area contributed by atoms with Crippen LogP contribution in [0.1, 0.15) is 19.3 Å². The van der Waals surface area contributed by atoms with E-state index in [0.29, 0.717) is 10.3 Å². The van der Waals surface area contributed by atoms with Gasteiger partial charge < -0.3 is 9.80 Å². The normalized spacial score (nSPS) is 17.7. The van der Waals surface area contributed by atoms with E-state index in [1.165, 1.54) is 25.3 Å². The Bertz CT molecular complexity index is 432. The van der Waals surface area contributed by atoms with Gasteiger partial charge in [0.05, 0.1) is 0 Å². The van der Waals surface area contributed by atoms with Crippen LogP contribution in [-0.4, -0.2) is 43.1 Å². The van der Waals surface area contributed by atoms with Crippen molar-refractivity contribution in [2.75, 3.05) is 32.6 Å². The van der Waals surface area contributed by atoms with Crippen LogP contribution in [0.5, 0.6) is 0 Å². The Balaban J connectivity index is 2.14. The second-order valence-electron chi connectivity index (χ2n) is 5.29. The largest absolute Gasteiger partial charge is 0.355 e. The number of halogens is 2. The first-order valence-corrected chi connectivity index (χ1v) is 6.93. The molecule has 18 heavy (non-hydrogen) atoms. The molecule has 0 bridgehead atoms. The molecule has 1 aromatic heterocycles. The first-order chi connectivity index (χ1) is 8.44. The highest BCUT2D eigenvalue weighted by Crippen LogP contribution is 2.37. The van der Waals surface area contributed by atoms with E-state index < -0.39 is 0 Å². The van der Waals surface area contributed by atoms with E-state index in [2.05, 4.69) is 39.9 Å². The molecule has 5 heteroatoms. The fraction of sp³-hybridized carbons (Fsp3) is 0.615. The third-order valence-corrected chi connectivity index (χ3v) is 4.35. The van der Waals surface area contributed by atoms with E-state index in [1.807, 2.05) is 11.9 Å². The van der Waals surface area contributed by atoms with E-state index in [9.17, 15) is 4.39 Å². The van der Waals surface area contributed by atoms with Crippen LogP contribution >= 0.6 is 15.9 Å². The molecule has 0 N–H and O–H groups in total. The van der Waals surface area contributed by atoms with Crippen molar-refractivity contribution in [2.45, 2.75) is 24.8 Å². The lowest BCUT2D eigenvalue weighted by Gasteiger charge is -2.49. The molecular formula is C13H19BrFN3. The summed E-state index contributed by atoms with van der Waals surface area (Å²) in [6.07, 6.45) is 5.23. The molecule has 0 aliphatic heterocycles. The zero-order chi connectivity index (χ0) is 13.3. The van der Waals surface area contributed by atoms with Gasteiger partial charge in [0, 0.05) is 29.8 Å². The van der Waals surface area contributed by atoms with Gasteiger partial charge in [-0.25, -0.2) is 9.37 Å². The monoisotopic (exact) mass is 315 g/mol. The van der Waals surface area contributed by atoms with Crippen LogP contribution in [-0.2, 0) is 0 Å². The number of hydrogen-bond donors (Lipinski definition) is 0. The quantitative estimate of drug-likeness (QED) is 0.851. The van der Waals surface area contributed by atoms with Gasteiger partial charge in [0.25, 0.3) is 0 Å². The number of likely N-dealkylation sites (N-methyl/N-ethyl adjacent to an activating group) is 2. The average molecular weight is 316 g/mol.